The lowest BCUT2D eigenvalue weighted by Gasteiger charge is -2.31. The van der Waals surface area contributed by atoms with Gasteiger partial charge in [0.15, 0.2) is 0 Å². The van der Waals surface area contributed by atoms with E-state index in [0.717, 1.165) is 0 Å². The average molecular weight is 300 g/mol. The fraction of sp³-hybridized carbons (Fsp3) is 0.600. The third kappa shape index (κ3) is 8.99. The van der Waals surface area contributed by atoms with E-state index in [1.807, 2.05) is 14.1 Å². The molecule has 0 spiro atoms. The highest BCUT2D eigenvalue weighted by Gasteiger charge is 2.22. The Morgan fingerprint density at radius 2 is 1.57 bits per heavy atom. The lowest BCUT2D eigenvalue weighted by molar-refractivity contribution is -0.893. The number of aliphatic hydroxyl groups is 1. The number of esters is 2. The standard InChI is InChI=1S/C15H26NO5/c1-11(2)14(18)20-8-7-16(5,6)9-13(17)10-21-15(19)12(3)4/h13,17H,1,3,7-10H2,2,4-6H3/q+1. The molecular weight excluding hydrogens is 274 g/mol. The topological polar surface area (TPSA) is 72.8 Å². The minimum absolute atomic E-state index is 0.0844. The molecule has 0 aliphatic heterocycles. The Bertz CT molecular complexity index is 414. The molecule has 0 aromatic carbocycles. The molecule has 0 aromatic heterocycles. The second-order valence-corrected chi connectivity index (χ2v) is 5.79. The van der Waals surface area contributed by atoms with Gasteiger partial charge in [-0.05, 0) is 13.8 Å². The first-order valence-corrected chi connectivity index (χ1v) is 6.70. The fourth-order valence-electron chi connectivity index (χ4n) is 1.52. The van der Waals surface area contributed by atoms with Crippen LogP contribution in [-0.2, 0) is 19.1 Å². The summed E-state index contributed by atoms with van der Waals surface area (Å²) in [7, 11) is 3.77. The number of likely N-dealkylation sites (N-methyl/N-ethyl adjacent to an activating group) is 1. The highest BCUT2D eigenvalue weighted by molar-refractivity contribution is 5.87. The molecule has 1 atom stereocenters. The van der Waals surface area contributed by atoms with Crippen LogP contribution < -0.4 is 0 Å². The summed E-state index contributed by atoms with van der Waals surface area (Å²) >= 11 is 0. The lowest BCUT2D eigenvalue weighted by Crippen LogP contribution is -2.48. The van der Waals surface area contributed by atoms with Crippen molar-refractivity contribution in [1.29, 1.82) is 0 Å². The molecule has 0 bridgehead atoms. The molecule has 21 heavy (non-hydrogen) atoms. The van der Waals surface area contributed by atoms with Gasteiger partial charge in [-0.15, -0.1) is 0 Å². The van der Waals surface area contributed by atoms with Crippen molar-refractivity contribution in [1.82, 2.24) is 0 Å². The smallest absolute Gasteiger partial charge is 0.333 e. The molecule has 0 aromatic rings. The van der Waals surface area contributed by atoms with Crippen LogP contribution in [0.3, 0.4) is 0 Å². The van der Waals surface area contributed by atoms with E-state index in [0.29, 0.717) is 28.7 Å². The summed E-state index contributed by atoms with van der Waals surface area (Å²) in [6, 6.07) is 0. The van der Waals surface area contributed by atoms with Crippen LogP contribution in [0.15, 0.2) is 24.3 Å². The SMILES string of the molecule is C=C(C)C(=O)OCC[N+](C)(C)CC(O)COC(=O)C(=C)C. The van der Waals surface area contributed by atoms with Crippen LogP contribution in [-0.4, -0.2) is 68.0 Å². The van der Waals surface area contributed by atoms with Gasteiger partial charge in [-0.1, -0.05) is 13.2 Å². The summed E-state index contributed by atoms with van der Waals surface area (Å²) in [4.78, 5) is 22.5. The van der Waals surface area contributed by atoms with Crippen LogP contribution in [0.25, 0.3) is 0 Å². The van der Waals surface area contributed by atoms with E-state index in [1.54, 1.807) is 13.8 Å². The monoisotopic (exact) mass is 300 g/mol. The van der Waals surface area contributed by atoms with Crippen molar-refractivity contribution in [2.24, 2.45) is 0 Å². The van der Waals surface area contributed by atoms with Crippen LogP contribution in [0.4, 0.5) is 0 Å². The Morgan fingerprint density at radius 1 is 1.10 bits per heavy atom. The fourth-order valence-corrected chi connectivity index (χ4v) is 1.52. The number of carbonyl (C=O) groups excluding carboxylic acids is 2. The zero-order valence-electron chi connectivity index (χ0n) is 13.3. The quantitative estimate of drug-likeness (QED) is 0.385. The summed E-state index contributed by atoms with van der Waals surface area (Å²) in [6.45, 7) is 11.1. The molecular formula is C15H26NO5+. The molecule has 0 heterocycles. The van der Waals surface area contributed by atoms with Crippen molar-refractivity contribution in [3.63, 3.8) is 0 Å². The molecule has 0 amide bonds. The second kappa shape index (κ2) is 8.59. The molecule has 1 N–H and O–H groups in total. The number of rotatable bonds is 9. The minimum atomic E-state index is -0.792. The number of ether oxygens (including phenoxy) is 2. The Morgan fingerprint density at radius 3 is 2.05 bits per heavy atom. The Labute approximate surface area is 126 Å². The molecule has 1 unspecified atom stereocenters. The van der Waals surface area contributed by atoms with E-state index in [2.05, 4.69) is 13.2 Å². The van der Waals surface area contributed by atoms with Gasteiger partial charge in [-0.25, -0.2) is 9.59 Å². The maximum atomic E-state index is 11.2. The van der Waals surface area contributed by atoms with Crippen LogP contribution in [0.2, 0.25) is 0 Å². The number of nitrogens with zero attached hydrogens (tertiary/aromatic N) is 1. The summed E-state index contributed by atoms with van der Waals surface area (Å²) in [5.74, 6) is -0.944. The molecule has 0 aliphatic rings. The van der Waals surface area contributed by atoms with Gasteiger partial charge in [-0.3, -0.25) is 0 Å². The first-order valence-electron chi connectivity index (χ1n) is 6.70. The van der Waals surface area contributed by atoms with Crippen LogP contribution in [0.5, 0.6) is 0 Å². The summed E-state index contributed by atoms with van der Waals surface area (Å²) in [6.07, 6.45) is -0.792. The van der Waals surface area contributed by atoms with E-state index in [-0.39, 0.29) is 13.2 Å². The molecule has 0 saturated heterocycles. The van der Waals surface area contributed by atoms with Gasteiger partial charge in [0, 0.05) is 11.1 Å². The third-order valence-corrected chi connectivity index (χ3v) is 2.74. The van der Waals surface area contributed by atoms with E-state index in [9.17, 15) is 14.7 Å². The summed E-state index contributed by atoms with van der Waals surface area (Å²) in [5.41, 5.74) is 0.648. The normalized spacial score (nSPS) is 12.4. The maximum absolute atomic E-state index is 11.2. The van der Waals surface area contributed by atoms with Crippen molar-refractivity contribution < 1.29 is 28.7 Å². The van der Waals surface area contributed by atoms with Gasteiger partial charge in [0.05, 0.1) is 14.1 Å². The summed E-state index contributed by atoms with van der Waals surface area (Å²) < 4.78 is 10.3. The molecule has 0 fully saturated rings. The van der Waals surface area contributed by atoms with Crippen molar-refractivity contribution in [3.05, 3.63) is 24.3 Å². The van der Waals surface area contributed by atoms with Gasteiger partial charge in [-0.2, -0.15) is 0 Å². The van der Waals surface area contributed by atoms with Crippen LogP contribution >= 0.6 is 0 Å². The zero-order chi connectivity index (χ0) is 16.6. The van der Waals surface area contributed by atoms with Gasteiger partial charge in [0.2, 0.25) is 0 Å². The highest BCUT2D eigenvalue weighted by Crippen LogP contribution is 2.03. The number of aliphatic hydroxyl groups excluding tert-OH is 1. The van der Waals surface area contributed by atoms with E-state index >= 15 is 0 Å². The molecule has 0 aliphatic carbocycles. The van der Waals surface area contributed by atoms with E-state index in [1.165, 1.54) is 0 Å². The molecule has 6 nitrogen and oxygen atoms in total. The largest absolute Gasteiger partial charge is 0.459 e. The van der Waals surface area contributed by atoms with Gasteiger partial charge < -0.3 is 19.1 Å². The van der Waals surface area contributed by atoms with Gasteiger partial charge >= 0.3 is 11.9 Å². The van der Waals surface area contributed by atoms with Crippen molar-refractivity contribution >= 4 is 11.9 Å². The molecule has 0 rings (SSSR count). The molecule has 0 radical (unpaired) electrons. The maximum Gasteiger partial charge on any atom is 0.333 e. The Kier molecular flexibility index (Phi) is 7.91. The molecule has 6 heteroatoms. The van der Waals surface area contributed by atoms with Gasteiger partial charge in [0.25, 0.3) is 0 Å². The number of hydrogen-bond donors (Lipinski definition) is 1. The first-order chi connectivity index (χ1) is 9.55. The molecule has 120 valence electrons. The highest BCUT2D eigenvalue weighted by atomic mass is 16.5. The van der Waals surface area contributed by atoms with Crippen molar-refractivity contribution in [2.45, 2.75) is 20.0 Å². The third-order valence-electron chi connectivity index (χ3n) is 2.74. The lowest BCUT2D eigenvalue weighted by atomic mass is 10.3. The second-order valence-electron chi connectivity index (χ2n) is 5.79. The predicted octanol–water partition coefficient (Wildman–Crippen LogP) is 0.662. The average Bonchev–Trinajstić information content (AvgIpc) is 2.34. The zero-order valence-corrected chi connectivity index (χ0v) is 13.3. The van der Waals surface area contributed by atoms with Crippen molar-refractivity contribution in [2.75, 3.05) is 40.4 Å². The number of quaternary nitrogens is 1. The Hall–Kier alpha value is -1.66. The predicted molar refractivity (Wildman–Crippen MR) is 79.4 cm³/mol. The first kappa shape index (κ1) is 19.3. The van der Waals surface area contributed by atoms with E-state index < -0.39 is 18.0 Å². The Balaban J connectivity index is 4.09. The molecule has 0 saturated carbocycles. The van der Waals surface area contributed by atoms with E-state index in [4.69, 9.17) is 9.47 Å². The van der Waals surface area contributed by atoms with Crippen molar-refractivity contribution in [3.8, 4) is 0 Å². The summed E-state index contributed by atoms with van der Waals surface area (Å²) in [5, 5.41) is 9.87. The number of hydrogen-bond acceptors (Lipinski definition) is 5. The van der Waals surface area contributed by atoms with Crippen LogP contribution in [0.1, 0.15) is 13.8 Å². The van der Waals surface area contributed by atoms with Gasteiger partial charge in [0.1, 0.15) is 32.4 Å². The number of carbonyl (C=O) groups is 2. The van der Waals surface area contributed by atoms with Crippen LogP contribution in [0, 0.1) is 0 Å². The minimum Gasteiger partial charge on any atom is -0.459 e.